The summed E-state index contributed by atoms with van der Waals surface area (Å²) in [5.74, 6) is 2.09. The lowest BCUT2D eigenvalue weighted by atomic mass is 10.1. The van der Waals surface area contributed by atoms with Crippen LogP contribution in [0.4, 0.5) is 5.82 Å². The lowest BCUT2D eigenvalue weighted by molar-refractivity contribution is -0.126. The number of aromatic nitrogens is 1. The Balaban J connectivity index is 1.44. The predicted molar refractivity (Wildman–Crippen MR) is 106 cm³/mol. The lowest BCUT2D eigenvalue weighted by Gasteiger charge is -2.36. The minimum absolute atomic E-state index is 0.181. The number of piperazine rings is 1. The summed E-state index contributed by atoms with van der Waals surface area (Å²) in [6.45, 7) is 7.52. The monoisotopic (exact) mass is 371 g/mol. The largest absolute Gasteiger partial charge is 0.353 e. The Morgan fingerprint density at radius 3 is 2.68 bits per heavy atom. The highest BCUT2D eigenvalue weighted by molar-refractivity contribution is 8.03. The smallest absolute Gasteiger partial charge is 0.260 e. The van der Waals surface area contributed by atoms with E-state index in [0.717, 1.165) is 42.7 Å². The minimum atomic E-state index is 0.181. The highest BCUT2D eigenvalue weighted by Gasteiger charge is 2.27. The predicted octanol–water partition coefficient (Wildman–Crippen LogP) is 3.70. The number of carbonyl (C=O) groups is 1. The first-order chi connectivity index (χ1) is 12.1. The lowest BCUT2D eigenvalue weighted by Crippen LogP contribution is -2.49. The van der Waals surface area contributed by atoms with Crippen molar-refractivity contribution in [1.29, 1.82) is 0 Å². The van der Waals surface area contributed by atoms with E-state index in [0.29, 0.717) is 0 Å². The van der Waals surface area contributed by atoms with Crippen LogP contribution in [0.3, 0.4) is 0 Å². The van der Waals surface area contributed by atoms with Gasteiger partial charge in [0.1, 0.15) is 5.82 Å². The molecule has 4 nitrogen and oxygen atoms in total. The van der Waals surface area contributed by atoms with Crippen LogP contribution in [0.2, 0.25) is 0 Å². The van der Waals surface area contributed by atoms with Crippen molar-refractivity contribution in [1.82, 2.24) is 9.88 Å². The van der Waals surface area contributed by atoms with Crippen molar-refractivity contribution in [3.63, 3.8) is 0 Å². The van der Waals surface area contributed by atoms with Crippen molar-refractivity contribution in [3.05, 3.63) is 50.2 Å². The van der Waals surface area contributed by atoms with E-state index < -0.39 is 0 Å². The summed E-state index contributed by atoms with van der Waals surface area (Å²) < 4.78 is 0. The Morgan fingerprint density at radius 1 is 1.16 bits per heavy atom. The summed E-state index contributed by atoms with van der Waals surface area (Å²) in [7, 11) is 0. The molecule has 1 fully saturated rings. The molecule has 0 N–H and O–H groups in total. The fraction of sp³-hybridized carbons (Fsp3) is 0.368. The zero-order valence-electron chi connectivity index (χ0n) is 14.5. The normalized spacial score (nSPS) is 17.3. The third-order valence-electron chi connectivity index (χ3n) is 4.93. The first-order valence-corrected chi connectivity index (χ1v) is 10.3. The molecule has 6 heteroatoms. The molecule has 1 saturated heterocycles. The van der Waals surface area contributed by atoms with E-state index in [1.54, 1.807) is 23.1 Å². The third kappa shape index (κ3) is 3.20. The van der Waals surface area contributed by atoms with Gasteiger partial charge < -0.3 is 9.80 Å². The molecule has 0 atom stereocenters. The second-order valence-corrected chi connectivity index (χ2v) is 8.66. The Morgan fingerprint density at radius 2 is 1.96 bits per heavy atom. The number of fused-ring (bicyclic) bond motifs is 1. The van der Waals surface area contributed by atoms with Gasteiger partial charge in [-0.2, -0.15) is 0 Å². The third-order valence-corrected chi connectivity index (χ3v) is 7.16. The minimum Gasteiger partial charge on any atom is -0.353 e. The summed E-state index contributed by atoms with van der Waals surface area (Å²) in [5, 5.41) is 0. The van der Waals surface area contributed by atoms with Crippen LogP contribution in [0.25, 0.3) is 6.08 Å². The van der Waals surface area contributed by atoms with Crippen LogP contribution in [-0.2, 0) is 10.5 Å². The maximum absolute atomic E-state index is 12.9. The molecule has 0 radical (unpaired) electrons. The number of carbonyl (C=O) groups excluding carboxylic acids is 1. The second kappa shape index (κ2) is 6.84. The Labute approximate surface area is 156 Å². The van der Waals surface area contributed by atoms with E-state index >= 15 is 0 Å². The SMILES string of the molecule is Cc1sc2c(c1C)CSC(C(=O)N1CCN(c3ccccn3)CC1)=C2. The number of amides is 1. The maximum Gasteiger partial charge on any atom is 0.260 e. The molecule has 0 aliphatic carbocycles. The van der Waals surface area contributed by atoms with E-state index in [-0.39, 0.29) is 5.91 Å². The summed E-state index contributed by atoms with van der Waals surface area (Å²) >= 11 is 3.49. The van der Waals surface area contributed by atoms with Gasteiger partial charge in [-0.1, -0.05) is 6.07 Å². The number of thiophene rings is 1. The first kappa shape index (κ1) is 16.7. The Bertz CT molecular complexity index is 821. The number of thioether (sulfide) groups is 1. The Hall–Kier alpha value is -1.79. The molecular weight excluding hydrogens is 350 g/mol. The molecule has 0 aromatic carbocycles. The fourth-order valence-corrected chi connectivity index (χ4v) is 5.69. The zero-order chi connectivity index (χ0) is 17.4. The van der Waals surface area contributed by atoms with Gasteiger partial charge in [0.05, 0.1) is 4.91 Å². The van der Waals surface area contributed by atoms with Crippen molar-refractivity contribution in [2.45, 2.75) is 19.6 Å². The number of pyridine rings is 1. The van der Waals surface area contributed by atoms with Gasteiger partial charge in [-0.3, -0.25) is 4.79 Å². The van der Waals surface area contributed by atoms with Gasteiger partial charge in [0, 0.05) is 47.9 Å². The molecule has 2 aromatic rings. The van der Waals surface area contributed by atoms with E-state index in [1.807, 2.05) is 29.3 Å². The second-order valence-electron chi connectivity index (χ2n) is 6.39. The summed E-state index contributed by atoms with van der Waals surface area (Å²) in [5.41, 5.74) is 2.79. The molecule has 130 valence electrons. The van der Waals surface area contributed by atoms with Gasteiger partial charge in [0.15, 0.2) is 0 Å². The molecule has 2 aliphatic rings. The molecule has 2 aromatic heterocycles. The molecule has 2 aliphatic heterocycles. The van der Waals surface area contributed by atoms with Gasteiger partial charge in [-0.05, 0) is 43.2 Å². The summed E-state index contributed by atoms with van der Waals surface area (Å²) in [6.07, 6.45) is 3.92. The van der Waals surface area contributed by atoms with Crippen LogP contribution in [-0.4, -0.2) is 42.0 Å². The van der Waals surface area contributed by atoms with Crippen LogP contribution >= 0.6 is 23.1 Å². The van der Waals surface area contributed by atoms with E-state index in [4.69, 9.17) is 0 Å². The van der Waals surface area contributed by atoms with Gasteiger partial charge in [-0.15, -0.1) is 23.1 Å². The molecule has 0 spiro atoms. The number of aryl methyl sites for hydroxylation is 1. The highest BCUT2D eigenvalue weighted by Crippen LogP contribution is 2.40. The van der Waals surface area contributed by atoms with Crippen LogP contribution in [0.15, 0.2) is 29.3 Å². The maximum atomic E-state index is 12.9. The van der Waals surface area contributed by atoms with E-state index in [1.165, 1.54) is 20.9 Å². The van der Waals surface area contributed by atoms with Crippen LogP contribution in [0.5, 0.6) is 0 Å². The molecule has 0 unspecified atom stereocenters. The first-order valence-electron chi connectivity index (χ1n) is 8.52. The van der Waals surface area contributed by atoms with Crippen molar-refractivity contribution < 1.29 is 4.79 Å². The van der Waals surface area contributed by atoms with Gasteiger partial charge in [0.25, 0.3) is 5.91 Å². The number of hydrogen-bond donors (Lipinski definition) is 0. The van der Waals surface area contributed by atoms with Crippen molar-refractivity contribution in [2.75, 3.05) is 31.1 Å². The highest BCUT2D eigenvalue weighted by atomic mass is 32.2. The topological polar surface area (TPSA) is 36.4 Å². The van der Waals surface area contributed by atoms with E-state index in [9.17, 15) is 4.79 Å². The van der Waals surface area contributed by atoms with E-state index in [2.05, 4.69) is 29.8 Å². The zero-order valence-corrected chi connectivity index (χ0v) is 16.1. The average molecular weight is 372 g/mol. The van der Waals surface area contributed by atoms with Crippen LogP contribution in [0, 0.1) is 13.8 Å². The molecule has 0 bridgehead atoms. The van der Waals surface area contributed by atoms with Crippen LogP contribution < -0.4 is 4.90 Å². The fourth-order valence-electron chi connectivity index (χ4n) is 3.27. The van der Waals surface area contributed by atoms with Crippen LogP contribution in [0.1, 0.15) is 20.9 Å². The standard InChI is InChI=1S/C19H21N3OS2/c1-13-14(2)25-16-11-17(24-12-15(13)16)19(23)22-9-7-21(8-10-22)18-5-3-4-6-20-18/h3-6,11H,7-10,12H2,1-2H3. The number of nitrogens with zero attached hydrogens (tertiary/aromatic N) is 3. The van der Waals surface area contributed by atoms with Gasteiger partial charge in [-0.25, -0.2) is 4.98 Å². The number of anilines is 1. The summed E-state index contributed by atoms with van der Waals surface area (Å²) in [4.78, 5) is 25.1. The van der Waals surface area contributed by atoms with Crippen molar-refractivity contribution in [2.24, 2.45) is 0 Å². The molecule has 25 heavy (non-hydrogen) atoms. The molecule has 4 heterocycles. The van der Waals surface area contributed by atoms with Gasteiger partial charge in [0.2, 0.25) is 0 Å². The molecular formula is C19H21N3OS2. The van der Waals surface area contributed by atoms with Crippen molar-refractivity contribution in [3.8, 4) is 0 Å². The number of hydrogen-bond acceptors (Lipinski definition) is 5. The molecule has 4 rings (SSSR count). The molecule has 0 saturated carbocycles. The quantitative estimate of drug-likeness (QED) is 0.807. The number of rotatable bonds is 2. The average Bonchev–Trinajstić information content (AvgIpc) is 2.95. The van der Waals surface area contributed by atoms with Gasteiger partial charge >= 0.3 is 0 Å². The molecule has 1 amide bonds. The summed E-state index contributed by atoms with van der Waals surface area (Å²) in [6, 6.07) is 5.96. The Kier molecular flexibility index (Phi) is 4.56. The van der Waals surface area contributed by atoms with Crippen molar-refractivity contribution >= 4 is 40.9 Å².